The number of aryl methyl sites for hydroxylation is 1. The molecule has 68 valence electrons. The lowest BCUT2D eigenvalue weighted by molar-refractivity contribution is 0.427. The minimum absolute atomic E-state index is 0.133. The van der Waals surface area contributed by atoms with Crippen molar-refractivity contribution in [3.8, 4) is 0 Å². The van der Waals surface area contributed by atoms with Crippen LogP contribution in [0.1, 0.15) is 0 Å². The summed E-state index contributed by atoms with van der Waals surface area (Å²) >= 11 is 0. The van der Waals surface area contributed by atoms with Crippen LogP contribution in [0.2, 0.25) is 0 Å². The first kappa shape index (κ1) is 9.09. The molecule has 0 unspecified atom stereocenters. The SMILES string of the molecule is FCCn1cc([B-](F)(F)F)cn1. The molecular weight excluding hydrogens is 175 g/mol. The number of hydrogen-bond acceptors (Lipinski definition) is 1. The van der Waals surface area contributed by atoms with Crippen molar-refractivity contribution >= 4 is 12.4 Å². The molecule has 0 fully saturated rings. The van der Waals surface area contributed by atoms with Gasteiger partial charge in [0.25, 0.3) is 0 Å². The molecule has 7 heteroatoms. The molecule has 1 heterocycles. The number of alkyl halides is 1. The first-order valence-corrected chi connectivity index (χ1v) is 3.32. The van der Waals surface area contributed by atoms with Crippen molar-refractivity contribution in [1.29, 1.82) is 0 Å². The summed E-state index contributed by atoms with van der Waals surface area (Å²) in [5.41, 5.74) is -0.788. The zero-order valence-corrected chi connectivity index (χ0v) is 6.05. The highest BCUT2D eigenvalue weighted by Gasteiger charge is 2.26. The normalized spacial score (nSPS) is 12.0. The van der Waals surface area contributed by atoms with E-state index in [0.717, 1.165) is 10.9 Å². The summed E-state index contributed by atoms with van der Waals surface area (Å²) < 4.78 is 48.5. The smallest absolute Gasteiger partial charge is 0.445 e. The fourth-order valence-corrected chi connectivity index (χ4v) is 0.757. The van der Waals surface area contributed by atoms with Crippen LogP contribution < -0.4 is 5.46 Å². The van der Waals surface area contributed by atoms with Crippen molar-refractivity contribution < 1.29 is 17.3 Å². The minimum Gasteiger partial charge on any atom is -0.445 e. The van der Waals surface area contributed by atoms with Crippen molar-refractivity contribution in [3.05, 3.63) is 12.4 Å². The highest BCUT2D eigenvalue weighted by molar-refractivity contribution is 6.73. The predicted molar refractivity (Wildman–Crippen MR) is 36.9 cm³/mol. The van der Waals surface area contributed by atoms with Crippen molar-refractivity contribution in [2.75, 3.05) is 6.67 Å². The summed E-state index contributed by atoms with van der Waals surface area (Å²) in [5.74, 6) is 0. The second-order valence-electron chi connectivity index (χ2n) is 2.30. The Morgan fingerprint density at radius 2 is 2.08 bits per heavy atom. The summed E-state index contributed by atoms with van der Waals surface area (Å²) in [6.07, 6.45) is 1.51. The van der Waals surface area contributed by atoms with E-state index < -0.39 is 19.1 Å². The molecule has 1 aromatic rings. The summed E-state index contributed by atoms with van der Waals surface area (Å²) in [6.45, 7) is -5.85. The maximum atomic E-state index is 12.0. The molecule has 1 aromatic heterocycles. The average molecular weight is 181 g/mol. The number of rotatable bonds is 3. The van der Waals surface area contributed by atoms with E-state index in [-0.39, 0.29) is 6.54 Å². The van der Waals surface area contributed by atoms with E-state index in [0.29, 0.717) is 6.20 Å². The van der Waals surface area contributed by atoms with Crippen molar-refractivity contribution in [2.45, 2.75) is 6.54 Å². The van der Waals surface area contributed by atoms with Crippen LogP contribution in [0.3, 0.4) is 0 Å². The van der Waals surface area contributed by atoms with Gasteiger partial charge in [-0.2, -0.15) is 5.10 Å². The third-order valence-electron chi connectivity index (χ3n) is 1.34. The topological polar surface area (TPSA) is 17.8 Å². The maximum Gasteiger partial charge on any atom is 0.512 e. The van der Waals surface area contributed by atoms with E-state index in [9.17, 15) is 17.3 Å². The van der Waals surface area contributed by atoms with Crippen LogP contribution >= 0.6 is 0 Å². The van der Waals surface area contributed by atoms with Gasteiger partial charge in [0.1, 0.15) is 6.67 Å². The average Bonchev–Trinajstić information content (AvgIpc) is 2.35. The van der Waals surface area contributed by atoms with Gasteiger partial charge in [0, 0.05) is 6.20 Å². The predicted octanol–water partition coefficient (Wildman–Crippen LogP) is 0.907. The molecule has 0 aromatic carbocycles. The molecule has 0 N–H and O–H groups in total. The molecule has 0 aliphatic rings. The fourth-order valence-electron chi connectivity index (χ4n) is 0.757. The Hall–Kier alpha value is -1.01. The van der Waals surface area contributed by atoms with Crippen LogP contribution in [0.5, 0.6) is 0 Å². The van der Waals surface area contributed by atoms with E-state index in [2.05, 4.69) is 5.10 Å². The van der Waals surface area contributed by atoms with Gasteiger partial charge in [-0.1, -0.05) is 5.46 Å². The first-order valence-electron chi connectivity index (χ1n) is 3.32. The van der Waals surface area contributed by atoms with Crippen molar-refractivity contribution in [3.63, 3.8) is 0 Å². The van der Waals surface area contributed by atoms with E-state index in [1.165, 1.54) is 0 Å². The second-order valence-corrected chi connectivity index (χ2v) is 2.30. The molecule has 0 amide bonds. The molecule has 12 heavy (non-hydrogen) atoms. The number of aromatic nitrogens is 2. The van der Waals surface area contributed by atoms with E-state index in [1.807, 2.05) is 0 Å². The van der Waals surface area contributed by atoms with Crippen LogP contribution in [0, 0.1) is 0 Å². The summed E-state index contributed by atoms with van der Waals surface area (Å²) in [7, 11) is 0. The minimum atomic E-state index is -5.00. The summed E-state index contributed by atoms with van der Waals surface area (Å²) in [4.78, 5) is 0. The Balaban J connectivity index is 2.77. The molecule has 0 saturated carbocycles. The summed E-state index contributed by atoms with van der Waals surface area (Å²) in [5, 5.41) is 3.34. The van der Waals surface area contributed by atoms with E-state index >= 15 is 0 Å². The van der Waals surface area contributed by atoms with Gasteiger partial charge < -0.3 is 12.9 Å². The fraction of sp³-hybridized carbons (Fsp3) is 0.400. The van der Waals surface area contributed by atoms with Crippen LogP contribution in [0.15, 0.2) is 12.4 Å². The molecular formula is C5H6BF4N2-. The van der Waals surface area contributed by atoms with Gasteiger partial charge in [-0.3, -0.25) is 4.68 Å². The Kier molecular flexibility index (Phi) is 2.39. The van der Waals surface area contributed by atoms with Gasteiger partial charge in [0.15, 0.2) is 0 Å². The van der Waals surface area contributed by atoms with Gasteiger partial charge in [-0.15, -0.1) is 0 Å². The maximum absolute atomic E-state index is 12.0. The lowest BCUT2D eigenvalue weighted by atomic mass is 9.83. The van der Waals surface area contributed by atoms with E-state index in [4.69, 9.17) is 0 Å². The van der Waals surface area contributed by atoms with Crippen LogP contribution in [0.4, 0.5) is 17.3 Å². The molecule has 0 aliphatic carbocycles. The lowest BCUT2D eigenvalue weighted by Gasteiger charge is -2.09. The molecule has 0 atom stereocenters. The van der Waals surface area contributed by atoms with Gasteiger partial charge in [0.05, 0.1) is 6.54 Å². The third kappa shape index (κ3) is 1.99. The Morgan fingerprint density at radius 1 is 1.42 bits per heavy atom. The number of nitrogens with zero attached hydrogens (tertiary/aromatic N) is 2. The zero-order valence-electron chi connectivity index (χ0n) is 6.05. The summed E-state index contributed by atoms with van der Waals surface area (Å²) in [6, 6.07) is 0. The van der Waals surface area contributed by atoms with Gasteiger partial charge in [-0.05, 0) is 6.20 Å². The molecule has 0 aliphatic heterocycles. The van der Waals surface area contributed by atoms with Gasteiger partial charge in [0.2, 0.25) is 0 Å². The van der Waals surface area contributed by atoms with Crippen molar-refractivity contribution in [2.24, 2.45) is 0 Å². The van der Waals surface area contributed by atoms with Gasteiger partial charge >= 0.3 is 6.98 Å². The number of halogens is 4. The highest BCUT2D eigenvalue weighted by Crippen LogP contribution is 2.07. The lowest BCUT2D eigenvalue weighted by Crippen LogP contribution is -2.32. The highest BCUT2D eigenvalue weighted by atomic mass is 19.4. The van der Waals surface area contributed by atoms with Gasteiger partial charge in [-0.25, -0.2) is 4.39 Å². The Bertz CT molecular complexity index is 256. The number of hydrogen-bond donors (Lipinski definition) is 0. The third-order valence-corrected chi connectivity index (χ3v) is 1.34. The van der Waals surface area contributed by atoms with Crippen LogP contribution in [-0.4, -0.2) is 23.4 Å². The standard InChI is InChI=1S/C5H6BF4N2/c7-1-2-12-4-5(3-11-12)6(8,9)10/h3-4H,1-2H2/q-1. The molecule has 2 nitrogen and oxygen atoms in total. The Morgan fingerprint density at radius 3 is 2.50 bits per heavy atom. The Labute approximate surface area is 66.2 Å². The second kappa shape index (κ2) is 3.16. The molecule has 0 spiro atoms. The molecule has 0 bridgehead atoms. The molecule has 1 rings (SSSR count). The monoisotopic (exact) mass is 181 g/mol. The first-order chi connectivity index (χ1) is 5.54. The van der Waals surface area contributed by atoms with E-state index in [1.54, 1.807) is 0 Å². The van der Waals surface area contributed by atoms with Crippen LogP contribution in [0.25, 0.3) is 0 Å². The molecule has 0 radical (unpaired) electrons. The van der Waals surface area contributed by atoms with Crippen LogP contribution in [-0.2, 0) is 6.54 Å². The quantitative estimate of drug-likeness (QED) is 0.500. The zero-order chi connectivity index (χ0) is 9.19. The molecule has 0 saturated heterocycles. The van der Waals surface area contributed by atoms with Crippen molar-refractivity contribution in [1.82, 2.24) is 9.78 Å². The largest absolute Gasteiger partial charge is 0.512 e.